The van der Waals surface area contributed by atoms with E-state index in [1.54, 1.807) is 0 Å². The van der Waals surface area contributed by atoms with E-state index in [9.17, 15) is 9.59 Å². The third-order valence-corrected chi connectivity index (χ3v) is 3.56. The van der Waals surface area contributed by atoms with Gasteiger partial charge in [-0.1, -0.05) is 42.5 Å². The summed E-state index contributed by atoms with van der Waals surface area (Å²) in [6.45, 7) is 6.28. The van der Waals surface area contributed by atoms with E-state index in [1.807, 2.05) is 37.3 Å². The number of hydrogen-bond acceptors (Lipinski definition) is 4. The maximum atomic E-state index is 12.1. The average Bonchev–Trinajstić information content (AvgIpc) is 3.01. The highest BCUT2D eigenvalue weighted by Crippen LogP contribution is 2.25. The second kappa shape index (κ2) is 7.75. The lowest BCUT2D eigenvalue weighted by Gasteiger charge is -2.17. The van der Waals surface area contributed by atoms with Crippen LogP contribution in [0, 0.1) is 5.92 Å². The molecule has 0 unspecified atom stereocenters. The minimum absolute atomic E-state index is 0.134. The van der Waals surface area contributed by atoms with Gasteiger partial charge < -0.3 is 14.8 Å². The first kappa shape index (κ1) is 16.2. The molecule has 0 spiro atoms. The van der Waals surface area contributed by atoms with Crippen LogP contribution in [0.1, 0.15) is 18.9 Å². The van der Waals surface area contributed by atoms with Crippen LogP contribution in [0.4, 0.5) is 0 Å². The molecular formula is C17H21NO4. The fraction of sp³-hybridized carbons (Fsp3) is 0.412. The van der Waals surface area contributed by atoms with Crippen LogP contribution < -0.4 is 5.32 Å². The third-order valence-electron chi connectivity index (χ3n) is 3.56. The van der Waals surface area contributed by atoms with Crippen molar-refractivity contribution in [2.45, 2.75) is 26.1 Å². The Kier molecular flexibility index (Phi) is 5.72. The van der Waals surface area contributed by atoms with Gasteiger partial charge in [-0.15, -0.1) is 0 Å². The van der Waals surface area contributed by atoms with Crippen molar-refractivity contribution in [3.8, 4) is 0 Å². The highest BCUT2D eigenvalue weighted by Gasteiger charge is 2.34. The number of nitrogens with one attached hydrogen (secondary N) is 1. The topological polar surface area (TPSA) is 64.6 Å². The molecule has 2 atom stereocenters. The second-order valence-electron chi connectivity index (χ2n) is 5.40. The minimum Gasteiger partial charge on any atom is -0.460 e. The lowest BCUT2D eigenvalue weighted by molar-refractivity contribution is -0.145. The van der Waals surface area contributed by atoms with Crippen LogP contribution in [0.25, 0.3) is 0 Å². The maximum Gasteiger partial charge on any atom is 0.325 e. The zero-order valence-corrected chi connectivity index (χ0v) is 12.7. The lowest BCUT2D eigenvalue weighted by atomic mass is 9.96. The molecule has 0 bridgehead atoms. The summed E-state index contributed by atoms with van der Waals surface area (Å²) in [5, 5.41) is 2.61. The summed E-state index contributed by atoms with van der Waals surface area (Å²) >= 11 is 0. The van der Waals surface area contributed by atoms with Gasteiger partial charge in [-0.3, -0.25) is 9.59 Å². The van der Waals surface area contributed by atoms with E-state index in [1.165, 1.54) is 0 Å². The summed E-state index contributed by atoms with van der Waals surface area (Å²) in [6.07, 6.45) is 0.378. The third kappa shape index (κ3) is 4.43. The number of rotatable bonds is 6. The summed E-state index contributed by atoms with van der Waals surface area (Å²) in [7, 11) is 0. The van der Waals surface area contributed by atoms with Crippen LogP contribution in [-0.4, -0.2) is 31.1 Å². The Labute approximate surface area is 130 Å². The molecule has 1 saturated heterocycles. The van der Waals surface area contributed by atoms with Crippen molar-refractivity contribution in [1.29, 1.82) is 0 Å². The largest absolute Gasteiger partial charge is 0.460 e. The molecule has 0 radical (unpaired) electrons. The molecule has 0 aliphatic carbocycles. The van der Waals surface area contributed by atoms with Gasteiger partial charge in [0.15, 0.2) is 0 Å². The van der Waals surface area contributed by atoms with Crippen LogP contribution in [-0.2, 0) is 25.7 Å². The molecule has 1 aliphatic heterocycles. The zero-order valence-electron chi connectivity index (χ0n) is 12.7. The van der Waals surface area contributed by atoms with Crippen LogP contribution in [0.3, 0.4) is 0 Å². The Hall–Kier alpha value is -2.14. The van der Waals surface area contributed by atoms with Gasteiger partial charge in [0.2, 0.25) is 5.91 Å². The fourth-order valence-corrected chi connectivity index (χ4v) is 2.42. The molecular weight excluding hydrogens is 282 g/mol. The Morgan fingerprint density at radius 2 is 2.09 bits per heavy atom. The molecule has 118 valence electrons. The average molecular weight is 303 g/mol. The van der Waals surface area contributed by atoms with Gasteiger partial charge in [0.1, 0.15) is 13.2 Å². The molecule has 1 N–H and O–H groups in total. The Morgan fingerprint density at radius 1 is 1.36 bits per heavy atom. The van der Waals surface area contributed by atoms with E-state index in [-0.39, 0.29) is 31.1 Å². The number of ether oxygens (including phenoxy) is 2. The van der Waals surface area contributed by atoms with Crippen molar-refractivity contribution >= 4 is 11.9 Å². The highest BCUT2D eigenvalue weighted by molar-refractivity contribution is 5.84. The molecule has 1 heterocycles. The molecule has 2 rings (SSSR count). The van der Waals surface area contributed by atoms with Gasteiger partial charge in [-0.25, -0.2) is 0 Å². The molecule has 1 amide bonds. The Balaban J connectivity index is 1.74. The van der Waals surface area contributed by atoms with Crippen molar-refractivity contribution in [2.75, 3.05) is 13.2 Å². The number of carbonyl (C=O) groups excluding carboxylic acids is 2. The second-order valence-corrected chi connectivity index (χ2v) is 5.40. The van der Waals surface area contributed by atoms with Crippen molar-refractivity contribution < 1.29 is 19.1 Å². The smallest absolute Gasteiger partial charge is 0.325 e. The van der Waals surface area contributed by atoms with Crippen molar-refractivity contribution in [1.82, 2.24) is 5.32 Å². The summed E-state index contributed by atoms with van der Waals surface area (Å²) in [6, 6.07) is 9.40. The van der Waals surface area contributed by atoms with Crippen molar-refractivity contribution in [3.63, 3.8) is 0 Å². The highest BCUT2D eigenvalue weighted by atomic mass is 16.5. The van der Waals surface area contributed by atoms with Crippen LogP contribution in [0.2, 0.25) is 0 Å². The number of carbonyl (C=O) groups is 2. The maximum absolute atomic E-state index is 12.1. The quantitative estimate of drug-likeness (QED) is 0.643. The molecule has 5 nitrogen and oxygen atoms in total. The number of esters is 1. The van der Waals surface area contributed by atoms with E-state index in [2.05, 4.69) is 11.9 Å². The minimum atomic E-state index is -0.456. The van der Waals surface area contributed by atoms with Gasteiger partial charge in [-0.05, 0) is 18.9 Å². The first-order valence-corrected chi connectivity index (χ1v) is 7.32. The van der Waals surface area contributed by atoms with Crippen LogP contribution in [0.15, 0.2) is 42.5 Å². The number of amides is 1. The number of benzene rings is 1. The van der Waals surface area contributed by atoms with Crippen LogP contribution >= 0.6 is 0 Å². The van der Waals surface area contributed by atoms with E-state index in [4.69, 9.17) is 9.47 Å². The molecule has 1 fully saturated rings. The fourth-order valence-electron chi connectivity index (χ4n) is 2.42. The van der Waals surface area contributed by atoms with E-state index in [0.717, 1.165) is 11.1 Å². The monoisotopic (exact) mass is 303 g/mol. The van der Waals surface area contributed by atoms with E-state index >= 15 is 0 Å². The zero-order chi connectivity index (χ0) is 15.9. The summed E-state index contributed by atoms with van der Waals surface area (Å²) in [4.78, 5) is 23.8. The first-order valence-electron chi connectivity index (χ1n) is 7.32. The molecule has 1 aromatic rings. The summed E-state index contributed by atoms with van der Waals surface area (Å²) in [5.41, 5.74) is 1.73. The van der Waals surface area contributed by atoms with Gasteiger partial charge in [-0.2, -0.15) is 0 Å². The van der Waals surface area contributed by atoms with Gasteiger partial charge >= 0.3 is 5.97 Å². The predicted molar refractivity (Wildman–Crippen MR) is 81.9 cm³/mol. The van der Waals surface area contributed by atoms with Gasteiger partial charge in [0, 0.05) is 6.61 Å². The molecule has 1 aromatic carbocycles. The standard InChI is InChI=1S/C17H21NO4/c1-12(2)16-14(8-9-21-16)17(20)18-10-15(19)22-11-13-6-4-3-5-7-13/h3-7,14,16H,1,8-11H2,2H3,(H,18,20)/t14-,16-/m1/s1. The van der Waals surface area contributed by atoms with Crippen LogP contribution in [0.5, 0.6) is 0 Å². The van der Waals surface area contributed by atoms with Crippen molar-refractivity contribution in [2.24, 2.45) is 5.92 Å². The van der Waals surface area contributed by atoms with Gasteiger partial charge in [0.25, 0.3) is 0 Å². The van der Waals surface area contributed by atoms with E-state index in [0.29, 0.717) is 13.0 Å². The van der Waals surface area contributed by atoms with Crippen molar-refractivity contribution in [3.05, 3.63) is 48.0 Å². The SMILES string of the molecule is C=C(C)[C@H]1OCC[C@H]1C(=O)NCC(=O)OCc1ccccc1. The van der Waals surface area contributed by atoms with E-state index < -0.39 is 5.97 Å². The summed E-state index contributed by atoms with van der Waals surface area (Å²) in [5.74, 6) is -0.926. The molecule has 0 aromatic heterocycles. The molecule has 22 heavy (non-hydrogen) atoms. The number of hydrogen-bond donors (Lipinski definition) is 1. The summed E-state index contributed by atoms with van der Waals surface area (Å²) < 4.78 is 10.6. The van der Waals surface area contributed by atoms with Gasteiger partial charge in [0.05, 0.1) is 12.0 Å². The normalized spacial score (nSPS) is 20.4. The predicted octanol–water partition coefficient (Wildman–Crippen LogP) is 1.83. The lowest BCUT2D eigenvalue weighted by Crippen LogP contribution is -2.38. The molecule has 5 heteroatoms. The Bertz CT molecular complexity index is 541. The molecule has 1 aliphatic rings. The Morgan fingerprint density at radius 3 is 2.77 bits per heavy atom. The molecule has 0 saturated carbocycles. The first-order chi connectivity index (χ1) is 10.6.